The molecule has 3 aromatic rings. The van der Waals surface area contributed by atoms with Gasteiger partial charge < -0.3 is 9.88 Å². The van der Waals surface area contributed by atoms with E-state index in [1.54, 1.807) is 0 Å². The van der Waals surface area contributed by atoms with Crippen molar-refractivity contribution in [2.45, 2.75) is 64.6 Å². The maximum atomic E-state index is 12.6. The number of amides is 1. The van der Waals surface area contributed by atoms with Gasteiger partial charge in [0.1, 0.15) is 5.82 Å². The lowest BCUT2D eigenvalue weighted by Crippen LogP contribution is -2.31. The molecule has 1 aromatic carbocycles. The average molecular weight is 392 g/mol. The average Bonchev–Trinajstić information content (AvgIpc) is 3.35. The maximum Gasteiger partial charge on any atom is 0.222 e. The molecule has 152 valence electrons. The lowest BCUT2D eigenvalue weighted by atomic mass is 9.92. The van der Waals surface area contributed by atoms with Crippen molar-refractivity contribution in [2.75, 3.05) is 0 Å². The minimum Gasteiger partial charge on any atom is -0.349 e. The summed E-state index contributed by atoms with van der Waals surface area (Å²) in [5, 5.41) is 7.86. The number of hydrogen-bond donors (Lipinski definition) is 1. The van der Waals surface area contributed by atoms with Crippen LogP contribution in [-0.4, -0.2) is 25.2 Å². The summed E-state index contributed by atoms with van der Waals surface area (Å²) in [7, 11) is 0. The smallest absolute Gasteiger partial charge is 0.222 e. The van der Waals surface area contributed by atoms with Gasteiger partial charge in [-0.3, -0.25) is 9.48 Å². The van der Waals surface area contributed by atoms with Crippen LogP contribution in [0.4, 0.5) is 0 Å². The molecular formula is C23H29N5O. The SMILES string of the molecule is CC(C)c1nccn1CCC(=O)N[C@H]1CCCc2c1cnn2Cc1ccccc1. The predicted octanol–water partition coefficient (Wildman–Crippen LogP) is 3.84. The number of aromatic nitrogens is 4. The standard InChI is InChI=1S/C23H29N5O/c1-17(2)23-24-12-14-27(23)13-11-22(29)26-20-9-6-10-21-19(20)15-25-28(21)16-18-7-4-3-5-8-18/h3-5,7-8,12,14-15,17,20H,6,9-11,13,16H2,1-2H3,(H,26,29)/t20-/m0/s1. The van der Waals surface area contributed by atoms with E-state index in [9.17, 15) is 4.79 Å². The second-order valence-corrected chi connectivity index (χ2v) is 8.09. The summed E-state index contributed by atoms with van der Waals surface area (Å²) in [6.45, 7) is 5.67. The fourth-order valence-corrected chi connectivity index (χ4v) is 4.16. The van der Waals surface area contributed by atoms with E-state index in [1.807, 2.05) is 24.7 Å². The van der Waals surface area contributed by atoms with Crippen LogP contribution >= 0.6 is 0 Å². The molecule has 0 bridgehead atoms. The van der Waals surface area contributed by atoms with Crippen LogP contribution in [0.3, 0.4) is 0 Å². The third-order valence-corrected chi connectivity index (χ3v) is 5.62. The van der Waals surface area contributed by atoms with Crippen LogP contribution in [-0.2, 0) is 24.3 Å². The van der Waals surface area contributed by atoms with Crippen LogP contribution in [0.1, 0.15) is 67.7 Å². The van der Waals surface area contributed by atoms with Gasteiger partial charge in [-0.15, -0.1) is 0 Å². The molecule has 1 aliphatic carbocycles. The first-order valence-electron chi connectivity index (χ1n) is 10.5. The molecule has 0 unspecified atom stereocenters. The van der Waals surface area contributed by atoms with Crippen molar-refractivity contribution < 1.29 is 4.79 Å². The molecule has 4 rings (SSSR count). The summed E-state index contributed by atoms with van der Waals surface area (Å²) < 4.78 is 4.16. The number of benzene rings is 1. The predicted molar refractivity (Wildman–Crippen MR) is 113 cm³/mol. The van der Waals surface area contributed by atoms with Crippen LogP contribution in [0.25, 0.3) is 0 Å². The Bertz CT molecular complexity index is 957. The first kappa shape index (κ1) is 19.4. The summed E-state index contributed by atoms with van der Waals surface area (Å²) in [5.74, 6) is 1.46. The van der Waals surface area contributed by atoms with Crippen molar-refractivity contribution in [1.29, 1.82) is 0 Å². The van der Waals surface area contributed by atoms with Crippen LogP contribution < -0.4 is 5.32 Å². The van der Waals surface area contributed by atoms with Gasteiger partial charge in [0.15, 0.2) is 0 Å². The molecule has 6 heteroatoms. The molecule has 1 aliphatic rings. The zero-order valence-corrected chi connectivity index (χ0v) is 17.2. The molecule has 0 saturated heterocycles. The summed E-state index contributed by atoms with van der Waals surface area (Å²) in [6, 6.07) is 10.4. The molecule has 0 saturated carbocycles. The second kappa shape index (κ2) is 8.64. The summed E-state index contributed by atoms with van der Waals surface area (Å²) in [6.07, 6.45) is 9.21. The molecule has 6 nitrogen and oxygen atoms in total. The van der Waals surface area contributed by atoms with E-state index in [1.165, 1.54) is 16.8 Å². The van der Waals surface area contributed by atoms with Crippen molar-refractivity contribution in [1.82, 2.24) is 24.6 Å². The van der Waals surface area contributed by atoms with Gasteiger partial charge in [-0.05, 0) is 24.8 Å². The van der Waals surface area contributed by atoms with Crippen molar-refractivity contribution >= 4 is 5.91 Å². The molecule has 2 heterocycles. The quantitative estimate of drug-likeness (QED) is 0.666. The number of rotatable bonds is 7. The highest BCUT2D eigenvalue weighted by Gasteiger charge is 2.25. The molecule has 1 atom stereocenters. The molecule has 0 radical (unpaired) electrons. The Morgan fingerprint density at radius 2 is 2.10 bits per heavy atom. The number of carbonyl (C=O) groups is 1. The number of carbonyl (C=O) groups excluding carboxylic acids is 1. The van der Waals surface area contributed by atoms with Crippen molar-refractivity contribution in [3.8, 4) is 0 Å². The van der Waals surface area contributed by atoms with E-state index in [-0.39, 0.29) is 11.9 Å². The summed E-state index contributed by atoms with van der Waals surface area (Å²) in [5.41, 5.74) is 3.67. The first-order valence-corrected chi connectivity index (χ1v) is 10.5. The molecule has 1 amide bonds. The molecular weight excluding hydrogens is 362 g/mol. The van der Waals surface area contributed by atoms with Crippen molar-refractivity contribution in [3.05, 3.63) is 71.6 Å². The Morgan fingerprint density at radius 3 is 2.90 bits per heavy atom. The number of aryl methyl sites for hydroxylation is 1. The highest BCUT2D eigenvalue weighted by molar-refractivity contribution is 5.76. The van der Waals surface area contributed by atoms with Crippen LogP contribution in [0, 0.1) is 0 Å². The summed E-state index contributed by atoms with van der Waals surface area (Å²) >= 11 is 0. The lowest BCUT2D eigenvalue weighted by molar-refractivity contribution is -0.122. The number of nitrogens with one attached hydrogen (secondary N) is 1. The minimum atomic E-state index is 0.0585. The minimum absolute atomic E-state index is 0.0585. The van der Waals surface area contributed by atoms with Gasteiger partial charge in [-0.25, -0.2) is 4.98 Å². The largest absolute Gasteiger partial charge is 0.349 e. The number of fused-ring (bicyclic) bond motifs is 1. The first-order chi connectivity index (χ1) is 14.1. The van der Waals surface area contributed by atoms with E-state index in [4.69, 9.17) is 0 Å². The zero-order chi connectivity index (χ0) is 20.2. The fraction of sp³-hybridized carbons (Fsp3) is 0.435. The van der Waals surface area contributed by atoms with E-state index >= 15 is 0 Å². The van der Waals surface area contributed by atoms with Gasteiger partial charge in [0.05, 0.1) is 18.8 Å². The Kier molecular flexibility index (Phi) is 5.79. The highest BCUT2D eigenvalue weighted by atomic mass is 16.1. The third-order valence-electron chi connectivity index (χ3n) is 5.62. The molecule has 0 fully saturated rings. The Hall–Kier alpha value is -2.89. The van der Waals surface area contributed by atoms with Crippen LogP contribution in [0.2, 0.25) is 0 Å². The number of nitrogens with zero attached hydrogens (tertiary/aromatic N) is 4. The van der Waals surface area contributed by atoms with Crippen molar-refractivity contribution in [2.24, 2.45) is 0 Å². The zero-order valence-electron chi connectivity index (χ0n) is 17.2. The van der Waals surface area contributed by atoms with Crippen LogP contribution in [0.5, 0.6) is 0 Å². The van der Waals surface area contributed by atoms with Gasteiger partial charge in [-0.2, -0.15) is 5.10 Å². The maximum absolute atomic E-state index is 12.6. The van der Waals surface area contributed by atoms with E-state index in [2.05, 4.69) is 62.8 Å². The second-order valence-electron chi connectivity index (χ2n) is 8.09. The monoisotopic (exact) mass is 391 g/mol. The number of imidazole rings is 1. The van der Waals surface area contributed by atoms with Gasteiger partial charge in [0, 0.05) is 42.5 Å². The van der Waals surface area contributed by atoms with Gasteiger partial charge in [0.2, 0.25) is 5.91 Å². The van der Waals surface area contributed by atoms with E-state index in [0.29, 0.717) is 18.9 Å². The van der Waals surface area contributed by atoms with Crippen LogP contribution in [0.15, 0.2) is 48.9 Å². The molecule has 0 aliphatic heterocycles. The Labute approximate surface area is 172 Å². The van der Waals surface area contributed by atoms with Gasteiger partial charge >= 0.3 is 0 Å². The summed E-state index contributed by atoms with van der Waals surface area (Å²) in [4.78, 5) is 17.0. The fourth-order valence-electron chi connectivity index (χ4n) is 4.16. The van der Waals surface area contributed by atoms with E-state index in [0.717, 1.165) is 31.6 Å². The van der Waals surface area contributed by atoms with Gasteiger partial charge in [0.25, 0.3) is 0 Å². The van der Waals surface area contributed by atoms with Gasteiger partial charge in [-0.1, -0.05) is 44.2 Å². The third kappa shape index (κ3) is 4.42. The lowest BCUT2D eigenvalue weighted by Gasteiger charge is -2.24. The van der Waals surface area contributed by atoms with E-state index < -0.39 is 0 Å². The highest BCUT2D eigenvalue weighted by Crippen LogP contribution is 2.30. The molecule has 0 spiro atoms. The molecule has 29 heavy (non-hydrogen) atoms. The van der Waals surface area contributed by atoms with Crippen molar-refractivity contribution in [3.63, 3.8) is 0 Å². The number of hydrogen-bond acceptors (Lipinski definition) is 3. The normalized spacial score (nSPS) is 16.0. The Balaban J connectivity index is 1.39. The Morgan fingerprint density at radius 1 is 1.28 bits per heavy atom. The molecule has 1 N–H and O–H groups in total. The molecule has 2 aromatic heterocycles. The topological polar surface area (TPSA) is 64.7 Å².